The van der Waals surface area contributed by atoms with Gasteiger partial charge in [-0.25, -0.2) is 0 Å². The van der Waals surface area contributed by atoms with Crippen molar-refractivity contribution in [1.29, 1.82) is 0 Å². The summed E-state index contributed by atoms with van der Waals surface area (Å²) in [5.74, 6) is 0.877. The molecule has 7 heteroatoms. The Morgan fingerprint density at radius 3 is 2.68 bits per heavy atom. The first-order valence-corrected chi connectivity index (χ1v) is 10.2. The smallest absolute Gasteiger partial charge is 0.191 e. The van der Waals surface area contributed by atoms with Gasteiger partial charge in [0.15, 0.2) is 5.96 Å². The van der Waals surface area contributed by atoms with E-state index in [1.165, 1.54) is 4.88 Å². The Morgan fingerprint density at radius 2 is 2.08 bits per heavy atom. The number of nitrogens with one attached hydrogen (secondary N) is 2. The third kappa shape index (κ3) is 6.58. The number of morpholine rings is 1. The molecule has 0 spiro atoms. The van der Waals surface area contributed by atoms with Crippen LogP contribution < -0.4 is 10.6 Å². The van der Waals surface area contributed by atoms with Crippen molar-refractivity contribution >= 4 is 17.3 Å². The van der Waals surface area contributed by atoms with Crippen LogP contribution in [-0.2, 0) is 4.74 Å². The van der Waals surface area contributed by atoms with Crippen LogP contribution >= 0.6 is 11.3 Å². The Morgan fingerprint density at radius 1 is 1.32 bits per heavy atom. The summed E-state index contributed by atoms with van der Waals surface area (Å²) in [6.45, 7) is 13.0. The minimum atomic E-state index is 0.366. The van der Waals surface area contributed by atoms with Crippen LogP contribution in [0.3, 0.4) is 0 Å². The van der Waals surface area contributed by atoms with Gasteiger partial charge in [0, 0.05) is 44.6 Å². The van der Waals surface area contributed by atoms with Gasteiger partial charge in [-0.05, 0) is 24.5 Å². The number of aliphatic imine (C=N–C) groups is 1. The highest BCUT2D eigenvalue weighted by atomic mass is 32.1. The molecular weight excluding hydrogens is 334 g/mol. The number of guanidine groups is 1. The van der Waals surface area contributed by atoms with Gasteiger partial charge in [-0.2, -0.15) is 0 Å². The molecule has 2 heterocycles. The molecule has 1 unspecified atom stereocenters. The summed E-state index contributed by atoms with van der Waals surface area (Å²) in [5, 5.41) is 9.09. The van der Waals surface area contributed by atoms with Gasteiger partial charge in [0.05, 0.1) is 19.3 Å². The summed E-state index contributed by atoms with van der Waals surface area (Å²) < 4.78 is 5.51. The topological polar surface area (TPSA) is 52.1 Å². The number of hydrogen-bond acceptors (Lipinski definition) is 5. The van der Waals surface area contributed by atoms with Crippen LogP contribution in [-0.4, -0.2) is 81.8 Å². The van der Waals surface area contributed by atoms with Gasteiger partial charge in [-0.15, -0.1) is 11.3 Å². The quantitative estimate of drug-likeness (QED) is 0.513. The lowest BCUT2D eigenvalue weighted by Gasteiger charge is -2.34. The van der Waals surface area contributed by atoms with E-state index in [9.17, 15) is 0 Å². The number of ether oxygens (including phenoxy) is 1. The maximum atomic E-state index is 5.51. The van der Waals surface area contributed by atoms with Crippen molar-refractivity contribution in [3.63, 3.8) is 0 Å². The first kappa shape index (κ1) is 20.2. The van der Waals surface area contributed by atoms with E-state index >= 15 is 0 Å². The number of thiophene rings is 1. The Hall–Kier alpha value is -1.15. The first-order valence-electron chi connectivity index (χ1n) is 9.30. The van der Waals surface area contributed by atoms with Crippen molar-refractivity contribution < 1.29 is 4.74 Å². The summed E-state index contributed by atoms with van der Waals surface area (Å²) in [7, 11) is 1.83. The lowest BCUT2D eigenvalue weighted by molar-refractivity contribution is 0.0177. The second-order valence-corrected chi connectivity index (χ2v) is 7.07. The van der Waals surface area contributed by atoms with Gasteiger partial charge in [-0.3, -0.25) is 9.89 Å². The monoisotopic (exact) mass is 367 g/mol. The molecule has 1 atom stereocenters. The molecule has 1 fully saturated rings. The molecule has 2 rings (SSSR count). The van der Waals surface area contributed by atoms with E-state index in [0.29, 0.717) is 6.04 Å². The fourth-order valence-electron chi connectivity index (χ4n) is 3.07. The minimum absolute atomic E-state index is 0.366. The van der Waals surface area contributed by atoms with Crippen molar-refractivity contribution in [3.8, 4) is 0 Å². The average molecular weight is 368 g/mol. The highest BCUT2D eigenvalue weighted by Crippen LogP contribution is 2.25. The van der Waals surface area contributed by atoms with E-state index in [1.807, 2.05) is 18.4 Å². The SMILES string of the molecule is CCN(CC)CCNC(=NC)NCC(c1cccs1)N1CCOCC1. The van der Waals surface area contributed by atoms with Gasteiger partial charge in [-0.1, -0.05) is 19.9 Å². The van der Waals surface area contributed by atoms with E-state index in [-0.39, 0.29) is 0 Å². The number of likely N-dealkylation sites (N-methyl/N-ethyl adjacent to an activating group) is 1. The van der Waals surface area contributed by atoms with Crippen molar-refractivity contribution in [2.75, 3.05) is 66.1 Å². The summed E-state index contributed by atoms with van der Waals surface area (Å²) >= 11 is 1.82. The normalized spacial score (nSPS) is 17.7. The summed E-state index contributed by atoms with van der Waals surface area (Å²) in [5.41, 5.74) is 0. The van der Waals surface area contributed by atoms with E-state index in [2.05, 4.69) is 56.8 Å². The molecule has 6 nitrogen and oxygen atoms in total. The molecule has 1 saturated heterocycles. The highest BCUT2D eigenvalue weighted by molar-refractivity contribution is 7.10. The van der Waals surface area contributed by atoms with Gasteiger partial charge < -0.3 is 20.3 Å². The molecule has 0 amide bonds. The molecule has 0 radical (unpaired) electrons. The fraction of sp³-hybridized carbons (Fsp3) is 0.722. The highest BCUT2D eigenvalue weighted by Gasteiger charge is 2.23. The lowest BCUT2D eigenvalue weighted by atomic mass is 10.2. The van der Waals surface area contributed by atoms with E-state index in [4.69, 9.17) is 4.74 Å². The molecule has 1 aliphatic heterocycles. The predicted octanol–water partition coefficient (Wildman–Crippen LogP) is 1.63. The van der Waals surface area contributed by atoms with Crippen LogP contribution in [0.5, 0.6) is 0 Å². The Balaban J connectivity index is 1.85. The maximum Gasteiger partial charge on any atom is 0.191 e. The Labute approximate surface area is 156 Å². The molecule has 0 saturated carbocycles. The van der Waals surface area contributed by atoms with Crippen LogP contribution in [0.25, 0.3) is 0 Å². The molecule has 25 heavy (non-hydrogen) atoms. The molecule has 0 bridgehead atoms. The lowest BCUT2D eigenvalue weighted by Crippen LogP contribution is -2.47. The van der Waals surface area contributed by atoms with E-state index in [1.54, 1.807) is 0 Å². The maximum absolute atomic E-state index is 5.51. The zero-order valence-corrected chi connectivity index (χ0v) is 16.6. The van der Waals surface area contributed by atoms with Crippen LogP contribution in [0.2, 0.25) is 0 Å². The Bertz CT molecular complexity index is 484. The van der Waals surface area contributed by atoms with Gasteiger partial charge in [0.25, 0.3) is 0 Å². The predicted molar refractivity (Wildman–Crippen MR) is 107 cm³/mol. The molecule has 142 valence electrons. The fourth-order valence-corrected chi connectivity index (χ4v) is 3.93. The third-order valence-corrected chi connectivity index (χ3v) is 5.63. The second-order valence-electron chi connectivity index (χ2n) is 6.09. The van der Waals surface area contributed by atoms with Crippen LogP contribution in [0, 0.1) is 0 Å². The van der Waals surface area contributed by atoms with Gasteiger partial charge in [0.2, 0.25) is 0 Å². The second kappa shape index (κ2) is 11.5. The molecule has 1 aromatic rings. The van der Waals surface area contributed by atoms with Crippen molar-refractivity contribution in [2.24, 2.45) is 4.99 Å². The minimum Gasteiger partial charge on any atom is -0.379 e. The molecular formula is C18H33N5OS. The molecule has 0 aliphatic carbocycles. The molecule has 2 N–H and O–H groups in total. The van der Waals surface area contributed by atoms with E-state index in [0.717, 1.165) is 65.0 Å². The van der Waals surface area contributed by atoms with E-state index < -0.39 is 0 Å². The number of rotatable bonds is 9. The third-order valence-electron chi connectivity index (χ3n) is 4.66. The van der Waals surface area contributed by atoms with Crippen molar-refractivity contribution in [3.05, 3.63) is 22.4 Å². The Kier molecular flexibility index (Phi) is 9.25. The molecule has 0 aromatic carbocycles. The van der Waals surface area contributed by atoms with Crippen LogP contribution in [0.1, 0.15) is 24.8 Å². The first-order chi connectivity index (χ1) is 12.3. The largest absolute Gasteiger partial charge is 0.379 e. The van der Waals surface area contributed by atoms with Crippen molar-refractivity contribution in [2.45, 2.75) is 19.9 Å². The summed E-state index contributed by atoms with van der Waals surface area (Å²) in [6, 6.07) is 4.72. The molecule has 1 aliphatic rings. The van der Waals surface area contributed by atoms with Gasteiger partial charge >= 0.3 is 0 Å². The zero-order chi connectivity index (χ0) is 17.9. The van der Waals surface area contributed by atoms with Crippen LogP contribution in [0.4, 0.5) is 0 Å². The average Bonchev–Trinajstić information content (AvgIpc) is 3.19. The number of hydrogen-bond donors (Lipinski definition) is 2. The zero-order valence-electron chi connectivity index (χ0n) is 15.8. The summed E-state index contributed by atoms with van der Waals surface area (Å²) in [6.07, 6.45) is 0. The standard InChI is InChI=1S/C18H33N5OS/c1-4-22(5-2)9-8-20-18(19-3)21-15-16(17-7-6-14-25-17)23-10-12-24-13-11-23/h6-7,14,16H,4-5,8-13,15H2,1-3H3,(H2,19,20,21). The van der Waals surface area contributed by atoms with Crippen LogP contribution in [0.15, 0.2) is 22.5 Å². The number of nitrogens with zero attached hydrogens (tertiary/aromatic N) is 3. The van der Waals surface area contributed by atoms with Gasteiger partial charge in [0.1, 0.15) is 0 Å². The summed E-state index contributed by atoms with van der Waals surface area (Å²) in [4.78, 5) is 10.7. The molecule has 1 aromatic heterocycles. The van der Waals surface area contributed by atoms with Crippen molar-refractivity contribution in [1.82, 2.24) is 20.4 Å².